The van der Waals surface area contributed by atoms with E-state index in [0.717, 1.165) is 42.8 Å². The fraction of sp³-hybridized carbons (Fsp3) is 0.360. The number of carbonyl (C=O) groups excluding carboxylic acids is 3. The molecule has 2 saturated heterocycles. The molecular formula is C25H26N4O4. The molecule has 8 nitrogen and oxygen atoms in total. The Hall–Kier alpha value is -3.52. The number of imidazole rings is 1. The highest BCUT2D eigenvalue weighted by Crippen LogP contribution is 2.32. The molecule has 5 rings (SSSR count). The van der Waals surface area contributed by atoms with Gasteiger partial charge in [-0.1, -0.05) is 12.1 Å². The van der Waals surface area contributed by atoms with Gasteiger partial charge in [-0.25, -0.2) is 14.7 Å². The Morgan fingerprint density at radius 2 is 1.82 bits per heavy atom. The minimum Gasteiger partial charge on any atom is -0.462 e. The van der Waals surface area contributed by atoms with Gasteiger partial charge >= 0.3 is 5.97 Å². The summed E-state index contributed by atoms with van der Waals surface area (Å²) < 4.78 is 4.99. The fourth-order valence-corrected chi connectivity index (χ4v) is 4.78. The average molecular weight is 447 g/mol. The minimum absolute atomic E-state index is 0.174. The van der Waals surface area contributed by atoms with E-state index < -0.39 is 12.0 Å². The second kappa shape index (κ2) is 8.78. The third kappa shape index (κ3) is 4.02. The van der Waals surface area contributed by atoms with Gasteiger partial charge in [-0.15, -0.1) is 0 Å². The third-order valence-electron chi connectivity index (χ3n) is 6.52. The monoisotopic (exact) mass is 446 g/mol. The molecule has 0 unspecified atom stereocenters. The molecule has 1 N–H and O–H groups in total. The van der Waals surface area contributed by atoms with Crippen molar-refractivity contribution in [2.75, 3.05) is 24.6 Å². The Morgan fingerprint density at radius 3 is 2.52 bits per heavy atom. The van der Waals surface area contributed by atoms with Crippen LogP contribution in [0.15, 0.2) is 48.5 Å². The number of likely N-dealkylation sites (tertiary alicyclic amines) is 1. The van der Waals surface area contributed by atoms with Crippen LogP contribution in [0.25, 0.3) is 11.0 Å². The van der Waals surface area contributed by atoms with Crippen molar-refractivity contribution < 1.29 is 19.1 Å². The lowest BCUT2D eigenvalue weighted by Crippen LogP contribution is -2.45. The van der Waals surface area contributed by atoms with Crippen LogP contribution in [0.5, 0.6) is 0 Å². The minimum atomic E-state index is -0.446. The number of aromatic amines is 1. The van der Waals surface area contributed by atoms with Crippen molar-refractivity contribution in [3.8, 4) is 0 Å². The topological polar surface area (TPSA) is 95.6 Å². The van der Waals surface area contributed by atoms with Crippen molar-refractivity contribution in [2.24, 2.45) is 0 Å². The Morgan fingerprint density at radius 1 is 1.09 bits per heavy atom. The van der Waals surface area contributed by atoms with Gasteiger partial charge in [0.25, 0.3) is 5.91 Å². The number of aromatic nitrogens is 2. The van der Waals surface area contributed by atoms with Gasteiger partial charge in [-0.05, 0) is 69.3 Å². The number of para-hydroxylation sites is 2. The van der Waals surface area contributed by atoms with E-state index >= 15 is 0 Å². The highest BCUT2D eigenvalue weighted by Gasteiger charge is 2.43. The molecule has 8 heteroatoms. The summed E-state index contributed by atoms with van der Waals surface area (Å²) in [5, 5.41) is 0. The molecule has 2 aliphatic rings. The number of piperidine rings is 1. The molecule has 170 valence electrons. The van der Waals surface area contributed by atoms with Gasteiger partial charge in [-0.2, -0.15) is 0 Å². The number of ether oxygens (including phenoxy) is 1. The predicted molar refractivity (Wildman–Crippen MR) is 123 cm³/mol. The van der Waals surface area contributed by atoms with Crippen LogP contribution in [-0.2, 0) is 14.3 Å². The van der Waals surface area contributed by atoms with Crippen LogP contribution in [0.2, 0.25) is 0 Å². The first-order chi connectivity index (χ1) is 16.0. The number of esters is 1. The number of amides is 2. The predicted octanol–water partition coefficient (Wildman–Crippen LogP) is 3.25. The van der Waals surface area contributed by atoms with Crippen LogP contribution in [0, 0.1) is 0 Å². The SMILES string of the molecule is CCOC(=O)c1ccc(N2C(=O)C[C@H](N3CCC(c4nc5ccccc5[nH]4)CC3)C2=O)cc1. The number of hydrogen-bond donors (Lipinski definition) is 1. The fourth-order valence-electron chi connectivity index (χ4n) is 4.78. The highest BCUT2D eigenvalue weighted by molar-refractivity contribution is 6.22. The molecular weight excluding hydrogens is 420 g/mol. The van der Waals surface area contributed by atoms with Crippen molar-refractivity contribution >= 4 is 34.5 Å². The van der Waals surface area contributed by atoms with Crippen molar-refractivity contribution in [1.29, 1.82) is 0 Å². The molecule has 2 aliphatic heterocycles. The molecule has 2 amide bonds. The van der Waals surface area contributed by atoms with Gasteiger partial charge < -0.3 is 9.72 Å². The summed E-state index contributed by atoms with van der Waals surface area (Å²) in [7, 11) is 0. The maximum absolute atomic E-state index is 13.2. The van der Waals surface area contributed by atoms with Gasteiger partial charge in [0.1, 0.15) is 5.82 Å². The molecule has 0 saturated carbocycles. The van der Waals surface area contributed by atoms with E-state index in [1.54, 1.807) is 31.2 Å². The lowest BCUT2D eigenvalue weighted by molar-refractivity contribution is -0.123. The van der Waals surface area contributed by atoms with Gasteiger partial charge in [0.05, 0.1) is 41.4 Å². The number of benzene rings is 2. The number of nitrogens with one attached hydrogen (secondary N) is 1. The van der Waals surface area contributed by atoms with E-state index in [-0.39, 0.29) is 18.2 Å². The van der Waals surface area contributed by atoms with Gasteiger partial charge in [0, 0.05) is 5.92 Å². The summed E-state index contributed by atoms with van der Waals surface area (Å²) in [6.45, 7) is 3.51. The number of imide groups is 1. The van der Waals surface area contributed by atoms with Crippen LogP contribution in [0.1, 0.15) is 48.3 Å². The summed E-state index contributed by atoms with van der Waals surface area (Å²) >= 11 is 0. The number of hydrogen-bond acceptors (Lipinski definition) is 6. The second-order valence-electron chi connectivity index (χ2n) is 8.50. The lowest BCUT2D eigenvalue weighted by atomic mass is 9.95. The van der Waals surface area contributed by atoms with E-state index in [1.165, 1.54) is 4.90 Å². The Bertz CT molecular complexity index is 1160. The van der Waals surface area contributed by atoms with Crippen LogP contribution in [0.3, 0.4) is 0 Å². The van der Waals surface area contributed by atoms with Crippen LogP contribution in [-0.4, -0.2) is 58.4 Å². The largest absolute Gasteiger partial charge is 0.462 e. The van der Waals surface area contributed by atoms with E-state index in [1.807, 2.05) is 24.3 Å². The van der Waals surface area contributed by atoms with Gasteiger partial charge in [0.2, 0.25) is 5.91 Å². The first kappa shape index (κ1) is 21.3. The molecule has 1 aromatic heterocycles. The highest BCUT2D eigenvalue weighted by atomic mass is 16.5. The lowest BCUT2D eigenvalue weighted by Gasteiger charge is -2.34. The number of fused-ring (bicyclic) bond motifs is 1. The number of rotatable bonds is 5. The van der Waals surface area contributed by atoms with Gasteiger partial charge in [-0.3, -0.25) is 14.5 Å². The molecule has 3 aromatic rings. The molecule has 2 aromatic carbocycles. The molecule has 0 bridgehead atoms. The summed E-state index contributed by atoms with van der Waals surface area (Å²) in [6, 6.07) is 14.0. The molecule has 3 heterocycles. The number of H-pyrrole nitrogens is 1. The van der Waals surface area contributed by atoms with Crippen molar-refractivity contribution in [1.82, 2.24) is 14.9 Å². The maximum Gasteiger partial charge on any atom is 0.338 e. The van der Waals surface area contributed by atoms with Crippen molar-refractivity contribution in [3.63, 3.8) is 0 Å². The normalized spacial score (nSPS) is 20.0. The van der Waals surface area contributed by atoms with E-state index in [4.69, 9.17) is 9.72 Å². The van der Waals surface area contributed by atoms with Gasteiger partial charge in [0.15, 0.2) is 0 Å². The van der Waals surface area contributed by atoms with E-state index in [9.17, 15) is 14.4 Å². The number of anilines is 1. The second-order valence-corrected chi connectivity index (χ2v) is 8.50. The van der Waals surface area contributed by atoms with Crippen molar-refractivity contribution in [3.05, 3.63) is 59.9 Å². The third-order valence-corrected chi connectivity index (χ3v) is 6.52. The zero-order valence-electron chi connectivity index (χ0n) is 18.5. The number of nitrogens with zero attached hydrogens (tertiary/aromatic N) is 3. The standard InChI is InChI=1S/C25H26N4O4/c1-2-33-25(32)17-7-9-18(10-8-17)29-22(30)15-21(24(29)31)28-13-11-16(12-14-28)23-26-19-5-3-4-6-20(19)27-23/h3-10,16,21H,2,11-15H2,1H3,(H,26,27)/t21-/m0/s1. The zero-order chi connectivity index (χ0) is 22.9. The van der Waals surface area contributed by atoms with Crippen LogP contribution >= 0.6 is 0 Å². The summed E-state index contributed by atoms with van der Waals surface area (Å²) in [4.78, 5) is 49.3. The summed E-state index contributed by atoms with van der Waals surface area (Å²) in [6.07, 6.45) is 1.94. The molecule has 0 spiro atoms. The molecule has 0 radical (unpaired) electrons. The van der Waals surface area contributed by atoms with Crippen LogP contribution in [0.4, 0.5) is 5.69 Å². The number of carbonyl (C=O) groups is 3. The Labute approximate surface area is 191 Å². The Kier molecular flexibility index (Phi) is 5.68. The smallest absolute Gasteiger partial charge is 0.338 e. The Balaban J connectivity index is 1.24. The molecule has 33 heavy (non-hydrogen) atoms. The summed E-state index contributed by atoms with van der Waals surface area (Å²) in [5.41, 5.74) is 2.88. The quantitative estimate of drug-likeness (QED) is 0.478. The van der Waals surface area contributed by atoms with Crippen LogP contribution < -0.4 is 4.90 Å². The summed E-state index contributed by atoms with van der Waals surface area (Å²) in [5.74, 6) is 0.466. The van der Waals surface area contributed by atoms with Crippen molar-refractivity contribution in [2.45, 2.75) is 38.1 Å². The first-order valence-corrected chi connectivity index (χ1v) is 11.4. The first-order valence-electron chi connectivity index (χ1n) is 11.4. The molecule has 0 aliphatic carbocycles. The average Bonchev–Trinajstić information content (AvgIpc) is 3.40. The van der Waals surface area contributed by atoms with E-state index in [2.05, 4.69) is 9.88 Å². The molecule has 1 atom stereocenters. The maximum atomic E-state index is 13.2. The van der Waals surface area contributed by atoms with E-state index in [0.29, 0.717) is 23.8 Å². The zero-order valence-corrected chi connectivity index (χ0v) is 18.5. The molecule has 2 fully saturated rings.